The third-order valence-electron chi connectivity index (χ3n) is 3.35. The zero-order valence-electron chi connectivity index (χ0n) is 9.22. The second kappa shape index (κ2) is 4.31. The van der Waals surface area contributed by atoms with Gasteiger partial charge in [0.2, 0.25) is 0 Å². The summed E-state index contributed by atoms with van der Waals surface area (Å²) in [4.78, 5) is 0. The maximum Gasteiger partial charge on any atom is 0.123 e. The fraction of sp³-hybridized carbons (Fsp3) is 0.538. The Morgan fingerprint density at radius 1 is 1.13 bits per heavy atom. The summed E-state index contributed by atoms with van der Waals surface area (Å²) in [6, 6.07) is 6.89. The minimum atomic E-state index is -0.157. The summed E-state index contributed by atoms with van der Waals surface area (Å²) in [7, 11) is 0. The first-order valence-corrected chi connectivity index (χ1v) is 5.72. The molecule has 1 N–H and O–H groups in total. The van der Waals surface area contributed by atoms with Crippen LogP contribution in [0.3, 0.4) is 0 Å². The predicted octanol–water partition coefficient (Wildman–Crippen LogP) is 3.20. The van der Waals surface area contributed by atoms with Crippen LogP contribution < -0.4 is 5.32 Å². The maximum atomic E-state index is 12.8. The van der Waals surface area contributed by atoms with Crippen LogP contribution in [0.25, 0.3) is 0 Å². The van der Waals surface area contributed by atoms with Gasteiger partial charge in [-0.25, -0.2) is 4.39 Å². The average Bonchev–Trinajstić information content (AvgIpc) is 2.45. The molecule has 1 unspecified atom stereocenters. The molecule has 0 radical (unpaired) electrons. The second-order valence-corrected chi connectivity index (χ2v) is 4.58. The first kappa shape index (κ1) is 10.6. The number of hydrogen-bond acceptors (Lipinski definition) is 1. The summed E-state index contributed by atoms with van der Waals surface area (Å²) in [6.07, 6.45) is 4.93. The Kier molecular flexibility index (Phi) is 3.06. The topological polar surface area (TPSA) is 12.0 Å². The van der Waals surface area contributed by atoms with Crippen molar-refractivity contribution in [2.24, 2.45) is 0 Å². The fourth-order valence-electron chi connectivity index (χ4n) is 2.30. The van der Waals surface area contributed by atoms with Gasteiger partial charge >= 0.3 is 0 Å². The van der Waals surface area contributed by atoms with Crippen LogP contribution in [0.1, 0.15) is 38.2 Å². The molecule has 1 heterocycles. The Labute approximate surface area is 90.7 Å². The molecule has 2 rings (SSSR count). The average molecular weight is 207 g/mol. The molecule has 1 aliphatic rings. The molecule has 0 aromatic heterocycles. The highest BCUT2D eigenvalue weighted by atomic mass is 19.1. The molecule has 82 valence electrons. The molecule has 1 aliphatic heterocycles. The van der Waals surface area contributed by atoms with E-state index >= 15 is 0 Å². The summed E-state index contributed by atoms with van der Waals surface area (Å²) in [5.41, 5.74) is 1.23. The van der Waals surface area contributed by atoms with Crippen LogP contribution in [-0.4, -0.2) is 6.54 Å². The zero-order valence-corrected chi connectivity index (χ0v) is 9.22. The molecular formula is C13H18FN. The SMILES string of the molecule is CC1(c2ccc(F)cc2)CCCCCN1. The molecular weight excluding hydrogens is 189 g/mol. The molecule has 1 nitrogen and oxygen atoms in total. The summed E-state index contributed by atoms with van der Waals surface area (Å²) >= 11 is 0. The smallest absolute Gasteiger partial charge is 0.123 e. The lowest BCUT2D eigenvalue weighted by Gasteiger charge is -2.30. The van der Waals surface area contributed by atoms with E-state index in [0.29, 0.717) is 0 Å². The van der Waals surface area contributed by atoms with Crippen LogP contribution in [0.2, 0.25) is 0 Å². The van der Waals surface area contributed by atoms with Crippen molar-refractivity contribution in [1.82, 2.24) is 5.32 Å². The summed E-state index contributed by atoms with van der Waals surface area (Å²) in [6.45, 7) is 3.28. The van der Waals surface area contributed by atoms with E-state index in [1.165, 1.54) is 24.8 Å². The Morgan fingerprint density at radius 2 is 1.87 bits per heavy atom. The van der Waals surface area contributed by atoms with E-state index in [4.69, 9.17) is 0 Å². The van der Waals surface area contributed by atoms with E-state index in [-0.39, 0.29) is 11.4 Å². The number of hydrogen-bond donors (Lipinski definition) is 1. The van der Waals surface area contributed by atoms with Crippen molar-refractivity contribution in [3.05, 3.63) is 35.6 Å². The van der Waals surface area contributed by atoms with Gasteiger partial charge in [-0.05, 0) is 44.0 Å². The van der Waals surface area contributed by atoms with E-state index in [0.717, 1.165) is 13.0 Å². The summed E-state index contributed by atoms with van der Waals surface area (Å²) in [5, 5.41) is 3.57. The number of halogens is 1. The number of rotatable bonds is 1. The van der Waals surface area contributed by atoms with Crippen LogP contribution in [0, 0.1) is 5.82 Å². The largest absolute Gasteiger partial charge is 0.308 e. The van der Waals surface area contributed by atoms with Gasteiger partial charge in [-0.2, -0.15) is 0 Å². The van der Waals surface area contributed by atoms with Crippen LogP contribution >= 0.6 is 0 Å². The monoisotopic (exact) mass is 207 g/mol. The van der Waals surface area contributed by atoms with Gasteiger partial charge in [0, 0.05) is 5.54 Å². The first-order chi connectivity index (χ1) is 7.21. The Hall–Kier alpha value is -0.890. The van der Waals surface area contributed by atoms with E-state index < -0.39 is 0 Å². The number of nitrogens with one attached hydrogen (secondary N) is 1. The van der Waals surface area contributed by atoms with E-state index in [1.54, 1.807) is 12.1 Å². The highest BCUT2D eigenvalue weighted by Crippen LogP contribution is 2.29. The molecule has 0 bridgehead atoms. The van der Waals surface area contributed by atoms with Crippen molar-refractivity contribution in [3.63, 3.8) is 0 Å². The van der Waals surface area contributed by atoms with Crippen molar-refractivity contribution in [2.75, 3.05) is 6.54 Å². The molecule has 0 aliphatic carbocycles. The molecule has 0 spiro atoms. The lowest BCUT2D eigenvalue weighted by atomic mass is 9.88. The van der Waals surface area contributed by atoms with E-state index in [9.17, 15) is 4.39 Å². The van der Waals surface area contributed by atoms with E-state index in [2.05, 4.69) is 12.2 Å². The van der Waals surface area contributed by atoms with Crippen molar-refractivity contribution >= 4 is 0 Å². The van der Waals surface area contributed by atoms with Gasteiger partial charge in [0.05, 0.1) is 0 Å². The zero-order chi connectivity index (χ0) is 10.7. The molecule has 15 heavy (non-hydrogen) atoms. The quantitative estimate of drug-likeness (QED) is 0.745. The molecule has 1 fully saturated rings. The van der Waals surface area contributed by atoms with Crippen LogP contribution in [-0.2, 0) is 5.54 Å². The Balaban J connectivity index is 2.22. The van der Waals surface area contributed by atoms with Crippen molar-refractivity contribution < 1.29 is 4.39 Å². The van der Waals surface area contributed by atoms with Gasteiger partial charge in [0.1, 0.15) is 5.82 Å². The van der Waals surface area contributed by atoms with Gasteiger partial charge < -0.3 is 5.32 Å². The third-order valence-corrected chi connectivity index (χ3v) is 3.35. The standard InChI is InChI=1S/C13H18FN/c1-13(9-3-2-4-10-15-13)11-5-7-12(14)8-6-11/h5-8,15H,2-4,9-10H2,1H3. The van der Waals surface area contributed by atoms with Crippen molar-refractivity contribution in [2.45, 2.75) is 38.1 Å². The normalized spacial score (nSPS) is 27.3. The van der Waals surface area contributed by atoms with Gasteiger partial charge in [0.25, 0.3) is 0 Å². The first-order valence-electron chi connectivity index (χ1n) is 5.72. The van der Waals surface area contributed by atoms with E-state index in [1.807, 2.05) is 12.1 Å². The van der Waals surface area contributed by atoms with Gasteiger partial charge in [-0.3, -0.25) is 0 Å². The molecule has 1 aromatic rings. The molecule has 1 saturated heterocycles. The van der Waals surface area contributed by atoms with Crippen molar-refractivity contribution in [3.8, 4) is 0 Å². The van der Waals surface area contributed by atoms with Gasteiger partial charge in [-0.1, -0.05) is 25.0 Å². The molecule has 2 heteroatoms. The van der Waals surface area contributed by atoms with Gasteiger partial charge in [0.15, 0.2) is 0 Å². The predicted molar refractivity (Wildman–Crippen MR) is 60.2 cm³/mol. The minimum Gasteiger partial charge on any atom is -0.308 e. The molecule has 1 atom stereocenters. The van der Waals surface area contributed by atoms with Crippen molar-refractivity contribution in [1.29, 1.82) is 0 Å². The van der Waals surface area contributed by atoms with Gasteiger partial charge in [-0.15, -0.1) is 0 Å². The molecule has 0 saturated carbocycles. The van der Waals surface area contributed by atoms with Crippen LogP contribution in [0.4, 0.5) is 4.39 Å². The molecule has 0 amide bonds. The maximum absolute atomic E-state index is 12.8. The third kappa shape index (κ3) is 2.37. The summed E-state index contributed by atoms with van der Waals surface area (Å²) < 4.78 is 12.8. The molecule has 1 aromatic carbocycles. The highest BCUT2D eigenvalue weighted by Gasteiger charge is 2.26. The van der Waals surface area contributed by atoms with Crippen LogP contribution in [0.15, 0.2) is 24.3 Å². The lowest BCUT2D eigenvalue weighted by Crippen LogP contribution is -2.38. The Morgan fingerprint density at radius 3 is 2.60 bits per heavy atom. The lowest BCUT2D eigenvalue weighted by molar-refractivity contribution is 0.359. The Bertz CT molecular complexity index is 310. The fourth-order valence-corrected chi connectivity index (χ4v) is 2.30. The number of benzene rings is 1. The minimum absolute atomic E-state index is 0.0319. The summed E-state index contributed by atoms with van der Waals surface area (Å²) in [5.74, 6) is -0.157. The second-order valence-electron chi connectivity index (χ2n) is 4.58. The highest BCUT2D eigenvalue weighted by molar-refractivity contribution is 5.24. The van der Waals surface area contributed by atoms with Crippen LogP contribution in [0.5, 0.6) is 0 Å².